The van der Waals surface area contributed by atoms with E-state index in [0.717, 1.165) is 26.2 Å². The third-order valence-corrected chi connectivity index (χ3v) is 2.93. The highest BCUT2D eigenvalue weighted by molar-refractivity contribution is 4.65. The lowest BCUT2D eigenvalue weighted by molar-refractivity contribution is 0.126. The Morgan fingerprint density at radius 2 is 1.80 bits per heavy atom. The van der Waals surface area contributed by atoms with Crippen molar-refractivity contribution in [2.45, 2.75) is 32.1 Å². The lowest BCUT2D eigenvalue weighted by Gasteiger charge is -2.13. The molecule has 3 heteroatoms. The van der Waals surface area contributed by atoms with E-state index < -0.39 is 0 Å². The fourth-order valence-corrected chi connectivity index (χ4v) is 2.00. The standard InChI is InChI=1S/C12H26N2O/c1-13-7-6-12-15-11-5-4-10-14-8-2-3-9-14/h13H,2-12H2,1H3. The molecular formula is C12H26N2O. The molecule has 0 amide bonds. The van der Waals surface area contributed by atoms with Gasteiger partial charge in [0.15, 0.2) is 0 Å². The van der Waals surface area contributed by atoms with Crippen LogP contribution in [0.3, 0.4) is 0 Å². The second kappa shape index (κ2) is 9.13. The zero-order chi connectivity index (χ0) is 10.8. The van der Waals surface area contributed by atoms with Crippen molar-refractivity contribution in [2.75, 3.05) is 46.4 Å². The maximum absolute atomic E-state index is 5.54. The quantitative estimate of drug-likeness (QED) is 0.589. The van der Waals surface area contributed by atoms with Crippen molar-refractivity contribution in [2.24, 2.45) is 0 Å². The summed E-state index contributed by atoms with van der Waals surface area (Å²) < 4.78 is 5.54. The van der Waals surface area contributed by atoms with Gasteiger partial charge in [0.25, 0.3) is 0 Å². The largest absolute Gasteiger partial charge is 0.381 e. The highest BCUT2D eigenvalue weighted by Crippen LogP contribution is 2.08. The van der Waals surface area contributed by atoms with Gasteiger partial charge in [-0.3, -0.25) is 0 Å². The maximum Gasteiger partial charge on any atom is 0.0478 e. The van der Waals surface area contributed by atoms with E-state index in [1.807, 2.05) is 7.05 Å². The van der Waals surface area contributed by atoms with E-state index in [0.29, 0.717) is 0 Å². The molecule has 1 fully saturated rings. The Kier molecular flexibility index (Phi) is 7.88. The van der Waals surface area contributed by atoms with Gasteiger partial charge in [0.2, 0.25) is 0 Å². The number of rotatable bonds is 9. The van der Waals surface area contributed by atoms with Crippen molar-refractivity contribution in [1.29, 1.82) is 0 Å². The highest BCUT2D eigenvalue weighted by Gasteiger charge is 2.09. The first-order chi connectivity index (χ1) is 7.43. The summed E-state index contributed by atoms with van der Waals surface area (Å²) in [7, 11) is 1.98. The Balaban J connectivity index is 1.73. The molecule has 0 saturated carbocycles. The van der Waals surface area contributed by atoms with Gasteiger partial charge in [-0.1, -0.05) is 0 Å². The number of hydrogen-bond acceptors (Lipinski definition) is 3. The first kappa shape index (κ1) is 12.9. The molecule has 0 aliphatic carbocycles. The average molecular weight is 214 g/mol. The number of nitrogens with zero attached hydrogens (tertiary/aromatic N) is 1. The molecule has 1 N–H and O–H groups in total. The van der Waals surface area contributed by atoms with E-state index in [-0.39, 0.29) is 0 Å². The first-order valence-corrected chi connectivity index (χ1v) is 6.38. The number of likely N-dealkylation sites (tertiary alicyclic amines) is 1. The molecule has 3 nitrogen and oxygen atoms in total. The number of nitrogens with one attached hydrogen (secondary N) is 1. The summed E-state index contributed by atoms with van der Waals surface area (Å²) >= 11 is 0. The molecule has 0 radical (unpaired) electrons. The zero-order valence-electron chi connectivity index (χ0n) is 10.1. The van der Waals surface area contributed by atoms with Crippen LogP contribution in [-0.4, -0.2) is 51.3 Å². The summed E-state index contributed by atoms with van der Waals surface area (Å²) in [5, 5.41) is 3.12. The van der Waals surface area contributed by atoms with Gasteiger partial charge in [-0.2, -0.15) is 0 Å². The number of ether oxygens (including phenoxy) is 1. The van der Waals surface area contributed by atoms with Gasteiger partial charge in [0, 0.05) is 13.2 Å². The minimum atomic E-state index is 0.907. The van der Waals surface area contributed by atoms with Crippen LogP contribution in [0, 0.1) is 0 Å². The predicted octanol–water partition coefficient (Wildman–Crippen LogP) is 1.49. The average Bonchev–Trinajstić information content (AvgIpc) is 2.75. The fraction of sp³-hybridized carbons (Fsp3) is 1.00. The molecule has 0 bridgehead atoms. The molecular weight excluding hydrogens is 188 g/mol. The summed E-state index contributed by atoms with van der Waals surface area (Å²) in [6.45, 7) is 6.84. The van der Waals surface area contributed by atoms with Gasteiger partial charge in [-0.15, -0.1) is 0 Å². The molecule has 0 atom stereocenters. The van der Waals surface area contributed by atoms with Gasteiger partial charge in [0.05, 0.1) is 0 Å². The van der Waals surface area contributed by atoms with Gasteiger partial charge in [-0.05, 0) is 65.3 Å². The minimum Gasteiger partial charge on any atom is -0.381 e. The molecule has 1 heterocycles. The molecule has 1 rings (SSSR count). The summed E-state index contributed by atoms with van der Waals surface area (Å²) in [5.74, 6) is 0. The normalized spacial score (nSPS) is 17.4. The van der Waals surface area contributed by atoms with E-state index in [4.69, 9.17) is 4.74 Å². The Morgan fingerprint density at radius 1 is 1.07 bits per heavy atom. The third-order valence-electron chi connectivity index (χ3n) is 2.93. The molecule has 90 valence electrons. The second-order valence-corrected chi connectivity index (χ2v) is 4.33. The Hall–Kier alpha value is -0.120. The van der Waals surface area contributed by atoms with Crippen LogP contribution in [0.25, 0.3) is 0 Å². The van der Waals surface area contributed by atoms with E-state index >= 15 is 0 Å². The topological polar surface area (TPSA) is 24.5 Å². The highest BCUT2D eigenvalue weighted by atomic mass is 16.5. The lowest BCUT2D eigenvalue weighted by atomic mass is 10.3. The van der Waals surface area contributed by atoms with E-state index in [1.54, 1.807) is 0 Å². The van der Waals surface area contributed by atoms with E-state index in [2.05, 4.69) is 10.2 Å². The molecule has 0 unspecified atom stereocenters. The van der Waals surface area contributed by atoms with Crippen molar-refractivity contribution in [3.05, 3.63) is 0 Å². The number of hydrogen-bond donors (Lipinski definition) is 1. The van der Waals surface area contributed by atoms with Crippen molar-refractivity contribution in [3.8, 4) is 0 Å². The SMILES string of the molecule is CNCCCOCCCCN1CCCC1. The van der Waals surface area contributed by atoms with Crippen LogP contribution in [0.4, 0.5) is 0 Å². The van der Waals surface area contributed by atoms with Crippen molar-refractivity contribution in [1.82, 2.24) is 10.2 Å². The van der Waals surface area contributed by atoms with Crippen molar-refractivity contribution in [3.63, 3.8) is 0 Å². The van der Waals surface area contributed by atoms with Crippen LogP contribution in [0.1, 0.15) is 32.1 Å². The van der Waals surface area contributed by atoms with Crippen LogP contribution in [0.2, 0.25) is 0 Å². The summed E-state index contributed by atoms with van der Waals surface area (Å²) in [6, 6.07) is 0. The molecule has 1 aliphatic heterocycles. The molecule has 15 heavy (non-hydrogen) atoms. The van der Waals surface area contributed by atoms with Gasteiger partial charge in [-0.25, -0.2) is 0 Å². The molecule has 0 aromatic heterocycles. The molecule has 1 saturated heterocycles. The van der Waals surface area contributed by atoms with Crippen LogP contribution in [-0.2, 0) is 4.74 Å². The van der Waals surface area contributed by atoms with Crippen molar-refractivity contribution >= 4 is 0 Å². The van der Waals surface area contributed by atoms with Gasteiger partial charge >= 0.3 is 0 Å². The predicted molar refractivity (Wildman–Crippen MR) is 64.3 cm³/mol. The van der Waals surface area contributed by atoms with E-state index in [1.165, 1.54) is 45.3 Å². The maximum atomic E-state index is 5.54. The summed E-state index contributed by atoms with van der Waals surface area (Å²) in [5.41, 5.74) is 0. The Labute approximate surface area is 94.2 Å². The molecule has 0 aromatic carbocycles. The second-order valence-electron chi connectivity index (χ2n) is 4.33. The van der Waals surface area contributed by atoms with Crippen LogP contribution >= 0.6 is 0 Å². The molecule has 0 spiro atoms. The van der Waals surface area contributed by atoms with Crippen molar-refractivity contribution < 1.29 is 4.74 Å². The van der Waals surface area contributed by atoms with Crippen LogP contribution < -0.4 is 5.32 Å². The Bertz CT molecular complexity index is 136. The van der Waals surface area contributed by atoms with Gasteiger partial charge in [0.1, 0.15) is 0 Å². The monoisotopic (exact) mass is 214 g/mol. The third kappa shape index (κ3) is 6.88. The first-order valence-electron chi connectivity index (χ1n) is 6.38. The molecule has 1 aliphatic rings. The lowest BCUT2D eigenvalue weighted by Crippen LogP contribution is -2.20. The summed E-state index contributed by atoms with van der Waals surface area (Å²) in [4.78, 5) is 2.57. The Morgan fingerprint density at radius 3 is 2.53 bits per heavy atom. The van der Waals surface area contributed by atoms with Gasteiger partial charge < -0.3 is 15.0 Å². The number of unbranched alkanes of at least 4 members (excludes halogenated alkanes) is 1. The van der Waals surface area contributed by atoms with Crippen LogP contribution in [0.5, 0.6) is 0 Å². The van der Waals surface area contributed by atoms with Crippen LogP contribution in [0.15, 0.2) is 0 Å². The van der Waals surface area contributed by atoms with E-state index in [9.17, 15) is 0 Å². The summed E-state index contributed by atoms with van der Waals surface area (Å²) in [6.07, 6.45) is 6.45. The zero-order valence-corrected chi connectivity index (χ0v) is 10.1. The fourth-order valence-electron chi connectivity index (χ4n) is 2.00. The minimum absolute atomic E-state index is 0.907. The molecule has 0 aromatic rings. The smallest absolute Gasteiger partial charge is 0.0478 e.